The highest BCUT2D eigenvalue weighted by atomic mass is 32.2. The van der Waals surface area contributed by atoms with Crippen LogP contribution in [0.3, 0.4) is 0 Å². The van der Waals surface area contributed by atoms with E-state index >= 15 is 0 Å². The zero-order valence-corrected chi connectivity index (χ0v) is 17.2. The van der Waals surface area contributed by atoms with E-state index < -0.39 is 9.84 Å². The zero-order chi connectivity index (χ0) is 19.4. The lowest BCUT2D eigenvalue weighted by Gasteiger charge is -2.04. The number of rotatable bonds is 6. The number of nitrogens with zero attached hydrogens (tertiary/aromatic N) is 1. The van der Waals surface area contributed by atoms with Crippen molar-refractivity contribution in [3.8, 4) is 11.3 Å². The maximum Gasteiger partial charge on any atom is 0.257 e. The molecule has 0 spiro atoms. The van der Waals surface area contributed by atoms with Gasteiger partial charge in [-0.05, 0) is 42.7 Å². The van der Waals surface area contributed by atoms with Crippen LogP contribution in [-0.2, 0) is 9.84 Å². The van der Waals surface area contributed by atoms with Crippen LogP contribution in [-0.4, -0.2) is 31.3 Å². The number of sulfone groups is 1. The number of amides is 1. The maximum absolute atomic E-state index is 12.4. The molecular weight excluding hydrogens is 400 g/mol. The Bertz CT molecular complexity index is 1040. The predicted octanol–water partition coefficient (Wildman–Crippen LogP) is 4.58. The lowest BCUT2D eigenvalue weighted by molar-refractivity contribution is 0.102. The van der Waals surface area contributed by atoms with E-state index in [1.807, 2.05) is 35.9 Å². The van der Waals surface area contributed by atoms with Crippen molar-refractivity contribution in [1.82, 2.24) is 4.98 Å². The number of thiazole rings is 1. The lowest BCUT2D eigenvalue weighted by Crippen LogP contribution is -2.12. The fourth-order valence-electron chi connectivity index (χ4n) is 2.38. The van der Waals surface area contributed by atoms with Gasteiger partial charge in [-0.25, -0.2) is 13.4 Å². The van der Waals surface area contributed by atoms with Gasteiger partial charge in [0.15, 0.2) is 15.0 Å². The minimum Gasteiger partial charge on any atom is -0.298 e. The second-order valence-electron chi connectivity index (χ2n) is 5.65. The van der Waals surface area contributed by atoms with Gasteiger partial charge in [-0.3, -0.25) is 10.1 Å². The van der Waals surface area contributed by atoms with Gasteiger partial charge in [0.1, 0.15) is 0 Å². The monoisotopic (exact) mass is 418 g/mol. The van der Waals surface area contributed by atoms with Crippen LogP contribution >= 0.6 is 23.1 Å². The van der Waals surface area contributed by atoms with Crippen LogP contribution < -0.4 is 5.32 Å². The molecule has 0 aliphatic carbocycles. The first kappa shape index (κ1) is 19.6. The van der Waals surface area contributed by atoms with Crippen molar-refractivity contribution in [2.24, 2.45) is 0 Å². The van der Waals surface area contributed by atoms with Crippen LogP contribution in [0.1, 0.15) is 17.3 Å². The molecule has 0 unspecified atom stereocenters. The molecular formula is C19H18N2O3S3. The molecule has 5 nitrogen and oxygen atoms in total. The first-order valence-electron chi connectivity index (χ1n) is 8.17. The standard InChI is InChI=1S/C19H18N2O3S3/c1-3-27(23,24)16-10-6-14(7-11-16)18(22)21-19-20-17(12-26-19)13-4-8-15(25-2)9-5-13/h4-12H,3H2,1-2H3,(H,20,21,22). The minimum atomic E-state index is -3.28. The summed E-state index contributed by atoms with van der Waals surface area (Å²) in [5, 5.41) is 5.14. The average molecular weight is 419 g/mol. The third-order valence-electron chi connectivity index (χ3n) is 3.97. The molecule has 0 atom stereocenters. The molecule has 0 saturated heterocycles. The summed E-state index contributed by atoms with van der Waals surface area (Å²) in [7, 11) is -3.28. The molecule has 1 heterocycles. The molecule has 1 N–H and O–H groups in total. The Morgan fingerprint density at radius 3 is 2.37 bits per heavy atom. The van der Waals surface area contributed by atoms with Crippen molar-refractivity contribution in [2.75, 3.05) is 17.3 Å². The zero-order valence-electron chi connectivity index (χ0n) is 14.8. The van der Waals surface area contributed by atoms with Crippen molar-refractivity contribution in [1.29, 1.82) is 0 Å². The van der Waals surface area contributed by atoms with E-state index in [2.05, 4.69) is 10.3 Å². The van der Waals surface area contributed by atoms with Crippen LogP contribution in [0, 0.1) is 0 Å². The average Bonchev–Trinajstić information content (AvgIpc) is 3.16. The van der Waals surface area contributed by atoms with Crippen LogP contribution in [0.4, 0.5) is 5.13 Å². The minimum absolute atomic E-state index is 0.0261. The Balaban J connectivity index is 1.72. The molecule has 0 aliphatic heterocycles. The highest BCUT2D eigenvalue weighted by molar-refractivity contribution is 7.98. The number of nitrogens with one attached hydrogen (secondary N) is 1. The van der Waals surface area contributed by atoms with E-state index in [4.69, 9.17) is 0 Å². The Morgan fingerprint density at radius 1 is 1.11 bits per heavy atom. The first-order chi connectivity index (χ1) is 12.9. The van der Waals surface area contributed by atoms with Gasteiger partial charge in [-0.1, -0.05) is 19.1 Å². The molecule has 27 heavy (non-hydrogen) atoms. The van der Waals surface area contributed by atoms with Gasteiger partial charge in [0.25, 0.3) is 5.91 Å². The summed E-state index contributed by atoms with van der Waals surface area (Å²) in [5.41, 5.74) is 2.16. The molecule has 0 fully saturated rings. The van der Waals surface area contributed by atoms with Gasteiger partial charge < -0.3 is 0 Å². The van der Waals surface area contributed by atoms with E-state index in [1.54, 1.807) is 18.7 Å². The number of carbonyl (C=O) groups excluding carboxylic acids is 1. The summed E-state index contributed by atoms with van der Waals surface area (Å²) in [6.07, 6.45) is 2.02. The molecule has 1 amide bonds. The Kier molecular flexibility index (Phi) is 5.98. The molecule has 0 aliphatic rings. The maximum atomic E-state index is 12.4. The molecule has 0 saturated carbocycles. The number of hydrogen-bond acceptors (Lipinski definition) is 6. The summed E-state index contributed by atoms with van der Waals surface area (Å²) >= 11 is 3.02. The second-order valence-corrected chi connectivity index (χ2v) is 9.66. The number of benzene rings is 2. The fraction of sp³-hybridized carbons (Fsp3) is 0.158. The van der Waals surface area contributed by atoms with Crippen molar-refractivity contribution in [2.45, 2.75) is 16.7 Å². The normalized spacial score (nSPS) is 11.3. The number of anilines is 1. The molecule has 2 aromatic carbocycles. The van der Waals surface area contributed by atoms with E-state index in [0.717, 1.165) is 11.3 Å². The van der Waals surface area contributed by atoms with E-state index in [-0.39, 0.29) is 16.6 Å². The number of thioether (sulfide) groups is 1. The topological polar surface area (TPSA) is 76.1 Å². The molecule has 0 radical (unpaired) electrons. The predicted molar refractivity (Wildman–Crippen MR) is 111 cm³/mol. The number of hydrogen-bond donors (Lipinski definition) is 1. The first-order valence-corrected chi connectivity index (χ1v) is 11.9. The van der Waals surface area contributed by atoms with Gasteiger partial charge in [-0.15, -0.1) is 23.1 Å². The summed E-state index contributed by atoms with van der Waals surface area (Å²) in [6, 6.07) is 14.0. The summed E-state index contributed by atoms with van der Waals surface area (Å²) in [4.78, 5) is 18.2. The molecule has 8 heteroatoms. The third kappa shape index (κ3) is 4.58. The van der Waals surface area contributed by atoms with Crippen molar-refractivity contribution in [3.63, 3.8) is 0 Å². The van der Waals surface area contributed by atoms with E-state index in [0.29, 0.717) is 10.7 Å². The molecule has 3 aromatic rings. The fourth-order valence-corrected chi connectivity index (χ4v) is 4.38. The van der Waals surface area contributed by atoms with Gasteiger partial charge in [0.05, 0.1) is 16.3 Å². The SMILES string of the molecule is CCS(=O)(=O)c1ccc(C(=O)Nc2nc(-c3ccc(SC)cc3)cs2)cc1. The van der Waals surface area contributed by atoms with Crippen LogP contribution in [0.2, 0.25) is 0 Å². The highest BCUT2D eigenvalue weighted by Gasteiger charge is 2.14. The second kappa shape index (κ2) is 8.24. The quantitative estimate of drug-likeness (QED) is 0.593. The van der Waals surface area contributed by atoms with Crippen molar-refractivity contribution >= 4 is 44.0 Å². The van der Waals surface area contributed by atoms with E-state index in [9.17, 15) is 13.2 Å². The van der Waals surface area contributed by atoms with Gasteiger partial charge >= 0.3 is 0 Å². The molecule has 1 aromatic heterocycles. The summed E-state index contributed by atoms with van der Waals surface area (Å²) < 4.78 is 23.7. The van der Waals surface area contributed by atoms with Crippen LogP contribution in [0.25, 0.3) is 11.3 Å². The largest absolute Gasteiger partial charge is 0.298 e. The van der Waals surface area contributed by atoms with Gasteiger partial charge in [-0.2, -0.15) is 0 Å². The summed E-state index contributed by atoms with van der Waals surface area (Å²) in [6.45, 7) is 1.59. The number of aromatic nitrogens is 1. The Hall–Kier alpha value is -2.16. The van der Waals surface area contributed by atoms with Gasteiger partial charge in [0, 0.05) is 21.4 Å². The number of carbonyl (C=O) groups is 1. The molecule has 3 rings (SSSR count). The molecule has 0 bridgehead atoms. The third-order valence-corrected chi connectivity index (χ3v) is 7.22. The van der Waals surface area contributed by atoms with E-state index in [1.165, 1.54) is 40.5 Å². The van der Waals surface area contributed by atoms with Gasteiger partial charge in [0.2, 0.25) is 0 Å². The Morgan fingerprint density at radius 2 is 1.78 bits per heavy atom. The van der Waals surface area contributed by atoms with Crippen molar-refractivity contribution < 1.29 is 13.2 Å². The highest BCUT2D eigenvalue weighted by Crippen LogP contribution is 2.27. The Labute approximate surface area is 166 Å². The van der Waals surface area contributed by atoms with Crippen LogP contribution in [0.5, 0.6) is 0 Å². The molecule has 140 valence electrons. The van der Waals surface area contributed by atoms with Crippen LogP contribution in [0.15, 0.2) is 63.7 Å². The van der Waals surface area contributed by atoms with Crippen molar-refractivity contribution in [3.05, 3.63) is 59.5 Å². The lowest BCUT2D eigenvalue weighted by atomic mass is 10.2. The smallest absolute Gasteiger partial charge is 0.257 e. The summed E-state index contributed by atoms with van der Waals surface area (Å²) in [5.74, 6) is -0.299.